The number of amides is 1. The highest BCUT2D eigenvalue weighted by Gasteiger charge is 2.17. The van der Waals surface area contributed by atoms with Gasteiger partial charge in [0.1, 0.15) is 5.82 Å². The average Bonchev–Trinajstić information content (AvgIpc) is 3.17. The second kappa shape index (κ2) is 9.16. The molecular formula is C22H16Cl3N5O2. The van der Waals surface area contributed by atoms with Crippen LogP contribution in [0.1, 0.15) is 21.7 Å². The zero-order valence-corrected chi connectivity index (χ0v) is 19.0. The Kier molecular flexibility index (Phi) is 6.32. The van der Waals surface area contributed by atoms with E-state index in [9.17, 15) is 9.59 Å². The minimum atomic E-state index is -0.651. The average molecular weight is 489 g/mol. The van der Waals surface area contributed by atoms with Crippen LogP contribution in [0, 0.1) is 6.92 Å². The molecule has 0 aliphatic carbocycles. The first-order chi connectivity index (χ1) is 15.3. The summed E-state index contributed by atoms with van der Waals surface area (Å²) in [4.78, 5) is 25.4. The number of aryl methyl sites for hydroxylation is 1. The lowest BCUT2D eigenvalue weighted by molar-refractivity contribution is 0.101. The molecule has 0 aliphatic rings. The van der Waals surface area contributed by atoms with Crippen LogP contribution in [0.5, 0.6) is 0 Å². The van der Waals surface area contributed by atoms with Crippen LogP contribution in [0.3, 0.4) is 0 Å². The SMILES string of the molecule is Cc1cc(=O)c(C(=O)Nc2ccnn2Cc2ccc(Cl)cc2Cl)nn1-c1ccc(Cl)cc1. The van der Waals surface area contributed by atoms with E-state index in [4.69, 9.17) is 34.8 Å². The first kappa shape index (κ1) is 22.1. The zero-order chi connectivity index (χ0) is 22.8. The molecule has 0 atom stereocenters. The van der Waals surface area contributed by atoms with Crippen molar-refractivity contribution in [2.24, 2.45) is 0 Å². The summed E-state index contributed by atoms with van der Waals surface area (Å²) < 4.78 is 3.07. The molecule has 4 aromatic rings. The summed E-state index contributed by atoms with van der Waals surface area (Å²) >= 11 is 18.1. The van der Waals surface area contributed by atoms with E-state index in [2.05, 4.69) is 15.5 Å². The molecule has 1 amide bonds. The van der Waals surface area contributed by atoms with Crippen LogP contribution < -0.4 is 10.7 Å². The van der Waals surface area contributed by atoms with E-state index in [1.807, 2.05) is 0 Å². The van der Waals surface area contributed by atoms with E-state index in [0.717, 1.165) is 5.56 Å². The van der Waals surface area contributed by atoms with Gasteiger partial charge in [0.05, 0.1) is 18.4 Å². The lowest BCUT2D eigenvalue weighted by Crippen LogP contribution is -2.27. The summed E-state index contributed by atoms with van der Waals surface area (Å²) in [6.45, 7) is 2.03. The molecule has 4 rings (SSSR count). The monoisotopic (exact) mass is 487 g/mol. The van der Waals surface area contributed by atoms with Crippen LogP contribution in [0.2, 0.25) is 15.1 Å². The normalized spacial score (nSPS) is 10.9. The smallest absolute Gasteiger partial charge is 0.281 e. The van der Waals surface area contributed by atoms with Crippen LogP contribution in [-0.2, 0) is 6.54 Å². The van der Waals surface area contributed by atoms with Gasteiger partial charge in [0.2, 0.25) is 5.43 Å². The third kappa shape index (κ3) is 4.70. The highest BCUT2D eigenvalue weighted by atomic mass is 35.5. The van der Waals surface area contributed by atoms with Gasteiger partial charge >= 0.3 is 0 Å². The van der Waals surface area contributed by atoms with E-state index >= 15 is 0 Å². The molecule has 7 nitrogen and oxygen atoms in total. The molecule has 2 aromatic carbocycles. The summed E-state index contributed by atoms with van der Waals surface area (Å²) in [5, 5.41) is 12.8. The fourth-order valence-electron chi connectivity index (χ4n) is 3.10. The fourth-order valence-corrected chi connectivity index (χ4v) is 3.69. The number of aromatic nitrogens is 4. The van der Waals surface area contributed by atoms with Crippen molar-refractivity contribution in [2.75, 3.05) is 5.32 Å². The van der Waals surface area contributed by atoms with Crippen molar-refractivity contribution in [1.29, 1.82) is 0 Å². The van der Waals surface area contributed by atoms with E-state index in [0.29, 0.717) is 38.8 Å². The molecule has 0 aliphatic heterocycles. The van der Waals surface area contributed by atoms with E-state index < -0.39 is 11.3 Å². The molecule has 0 spiro atoms. The number of hydrogen-bond donors (Lipinski definition) is 1. The predicted molar refractivity (Wildman–Crippen MR) is 125 cm³/mol. The van der Waals surface area contributed by atoms with Crippen LogP contribution in [0.15, 0.2) is 65.6 Å². The maximum absolute atomic E-state index is 12.9. The molecule has 32 heavy (non-hydrogen) atoms. The molecule has 162 valence electrons. The molecule has 2 aromatic heterocycles. The molecule has 0 bridgehead atoms. The quantitative estimate of drug-likeness (QED) is 0.429. The van der Waals surface area contributed by atoms with Gasteiger partial charge in [-0.3, -0.25) is 9.59 Å². The summed E-state index contributed by atoms with van der Waals surface area (Å²) in [6.07, 6.45) is 1.54. The molecule has 1 N–H and O–H groups in total. The van der Waals surface area contributed by atoms with Crippen LogP contribution in [0.25, 0.3) is 5.69 Å². The molecule has 10 heteroatoms. The Morgan fingerprint density at radius 3 is 2.44 bits per heavy atom. The molecule has 0 unspecified atom stereocenters. The number of halogens is 3. The fraction of sp³-hybridized carbons (Fsp3) is 0.0909. The Balaban J connectivity index is 1.61. The van der Waals surface area contributed by atoms with Gasteiger partial charge in [0.15, 0.2) is 5.69 Å². The van der Waals surface area contributed by atoms with Crippen molar-refractivity contribution >= 4 is 46.5 Å². The Morgan fingerprint density at radius 2 is 1.72 bits per heavy atom. The summed E-state index contributed by atoms with van der Waals surface area (Å²) in [5.74, 6) is -0.262. The predicted octanol–water partition coefficient (Wildman–Crippen LogP) is 5.00. The van der Waals surface area contributed by atoms with E-state index in [1.54, 1.807) is 60.1 Å². The number of nitrogens with zero attached hydrogens (tertiary/aromatic N) is 4. The van der Waals surface area contributed by atoms with Crippen molar-refractivity contribution in [3.05, 3.63) is 103 Å². The maximum atomic E-state index is 12.9. The number of benzene rings is 2. The minimum Gasteiger partial charge on any atom is -0.305 e. The van der Waals surface area contributed by atoms with E-state index in [1.165, 1.54) is 16.9 Å². The minimum absolute atomic E-state index is 0.247. The third-order valence-corrected chi connectivity index (χ3v) is 5.53. The van der Waals surface area contributed by atoms with Crippen molar-refractivity contribution in [2.45, 2.75) is 13.5 Å². The summed E-state index contributed by atoms with van der Waals surface area (Å²) in [6, 6.07) is 15.0. The summed E-state index contributed by atoms with van der Waals surface area (Å²) in [5.41, 5.74) is 1.29. The Hall–Kier alpha value is -3.13. The van der Waals surface area contributed by atoms with Crippen LogP contribution >= 0.6 is 34.8 Å². The Labute approximate surface area is 198 Å². The first-order valence-corrected chi connectivity index (χ1v) is 10.6. The van der Waals surface area contributed by atoms with Crippen molar-refractivity contribution in [3.63, 3.8) is 0 Å². The second-order valence-electron chi connectivity index (χ2n) is 6.95. The van der Waals surface area contributed by atoms with Gasteiger partial charge in [-0.2, -0.15) is 10.2 Å². The molecule has 0 radical (unpaired) electrons. The lowest BCUT2D eigenvalue weighted by Gasteiger charge is -2.12. The Bertz CT molecular complexity index is 1360. The van der Waals surface area contributed by atoms with E-state index in [-0.39, 0.29) is 5.69 Å². The number of nitrogens with one attached hydrogen (secondary N) is 1. The molecular weight excluding hydrogens is 473 g/mol. The second-order valence-corrected chi connectivity index (χ2v) is 8.23. The van der Waals surface area contributed by atoms with Gasteiger partial charge in [0.25, 0.3) is 5.91 Å². The number of anilines is 1. The van der Waals surface area contributed by atoms with Crippen LogP contribution in [0.4, 0.5) is 5.82 Å². The zero-order valence-electron chi connectivity index (χ0n) is 16.7. The van der Waals surface area contributed by atoms with Gasteiger partial charge in [0, 0.05) is 32.9 Å². The van der Waals surface area contributed by atoms with Gasteiger partial charge in [-0.15, -0.1) is 0 Å². The number of hydrogen-bond acceptors (Lipinski definition) is 4. The largest absolute Gasteiger partial charge is 0.305 e. The number of rotatable bonds is 5. The molecule has 0 saturated carbocycles. The highest BCUT2D eigenvalue weighted by molar-refractivity contribution is 6.35. The summed E-state index contributed by atoms with van der Waals surface area (Å²) in [7, 11) is 0. The van der Waals surface area contributed by atoms with Gasteiger partial charge < -0.3 is 5.32 Å². The molecule has 2 heterocycles. The third-order valence-electron chi connectivity index (χ3n) is 4.69. The van der Waals surface area contributed by atoms with Crippen molar-refractivity contribution in [3.8, 4) is 5.69 Å². The highest BCUT2D eigenvalue weighted by Crippen LogP contribution is 2.23. The molecule has 0 fully saturated rings. The number of carbonyl (C=O) groups excluding carboxylic acids is 1. The van der Waals surface area contributed by atoms with Crippen LogP contribution in [-0.4, -0.2) is 25.5 Å². The van der Waals surface area contributed by atoms with Crippen molar-refractivity contribution in [1.82, 2.24) is 19.6 Å². The standard InChI is InChI=1S/C22H16Cl3N5O2/c1-13-10-19(31)21(28-30(13)17-6-4-15(23)5-7-17)22(32)27-20-8-9-26-29(20)12-14-2-3-16(24)11-18(14)25/h2-11H,12H2,1H3,(H,27,32). The number of carbonyl (C=O) groups is 1. The lowest BCUT2D eigenvalue weighted by atomic mass is 10.2. The van der Waals surface area contributed by atoms with Gasteiger partial charge in [-0.25, -0.2) is 9.36 Å². The van der Waals surface area contributed by atoms with Gasteiger partial charge in [-0.1, -0.05) is 40.9 Å². The molecule has 0 saturated heterocycles. The maximum Gasteiger partial charge on any atom is 0.281 e. The van der Waals surface area contributed by atoms with Crippen molar-refractivity contribution < 1.29 is 4.79 Å². The van der Waals surface area contributed by atoms with Gasteiger partial charge in [-0.05, 0) is 48.9 Å². The topological polar surface area (TPSA) is 81.8 Å². The first-order valence-electron chi connectivity index (χ1n) is 9.46. The Morgan fingerprint density at radius 1 is 1.00 bits per heavy atom.